The summed E-state index contributed by atoms with van der Waals surface area (Å²) in [5, 5.41) is 1.02. The molecule has 0 spiro atoms. The molecular formula is C19H12BrCl2N3O2. The normalized spacial score (nSPS) is 15.7. The second-order valence-electron chi connectivity index (χ2n) is 5.99. The van der Waals surface area contributed by atoms with Crippen molar-refractivity contribution in [1.29, 1.82) is 0 Å². The second kappa shape index (κ2) is 7.11. The Balaban J connectivity index is 1.91. The summed E-state index contributed by atoms with van der Waals surface area (Å²) < 4.78 is 8.55. The number of benzene rings is 1. The summed E-state index contributed by atoms with van der Waals surface area (Å²) in [5.74, 6) is 0.323. The third-order valence-electron chi connectivity index (χ3n) is 4.19. The standard InChI is InChI=1S/C19H12BrCl2N3O2/c1-10-4-12(21)6-13-17(9-26)27-19(24-18(10)13)16-5-11(20)8-25(16)15-2-3-23-7-14(15)22/h2-9,17H,1H3. The summed E-state index contributed by atoms with van der Waals surface area (Å²) in [4.78, 5) is 20.3. The first-order valence-electron chi connectivity index (χ1n) is 7.96. The minimum absolute atomic E-state index is 0.323. The number of nitrogens with zero attached hydrogens (tertiary/aromatic N) is 3. The summed E-state index contributed by atoms with van der Waals surface area (Å²) in [6.45, 7) is 1.90. The molecule has 1 aliphatic rings. The molecule has 8 heteroatoms. The van der Waals surface area contributed by atoms with Crippen LogP contribution >= 0.6 is 39.1 Å². The summed E-state index contributed by atoms with van der Waals surface area (Å²) in [6, 6.07) is 7.16. The van der Waals surface area contributed by atoms with Crippen LogP contribution in [0.4, 0.5) is 5.69 Å². The fraction of sp³-hybridized carbons (Fsp3) is 0.105. The van der Waals surface area contributed by atoms with Crippen molar-refractivity contribution >= 4 is 57.0 Å². The first-order chi connectivity index (χ1) is 13.0. The topological polar surface area (TPSA) is 56.5 Å². The van der Waals surface area contributed by atoms with Gasteiger partial charge < -0.3 is 9.30 Å². The number of fused-ring (bicyclic) bond motifs is 1. The molecule has 0 saturated carbocycles. The van der Waals surface area contributed by atoms with Crippen molar-refractivity contribution in [3.63, 3.8) is 0 Å². The van der Waals surface area contributed by atoms with Crippen molar-refractivity contribution in [2.75, 3.05) is 0 Å². The number of aromatic nitrogens is 2. The highest BCUT2D eigenvalue weighted by Gasteiger charge is 2.28. The highest BCUT2D eigenvalue weighted by molar-refractivity contribution is 9.10. The van der Waals surface area contributed by atoms with E-state index >= 15 is 0 Å². The number of aliphatic imine (C=N–C) groups is 1. The van der Waals surface area contributed by atoms with Gasteiger partial charge in [-0.05, 0) is 52.7 Å². The number of carbonyl (C=O) groups is 1. The number of pyridine rings is 1. The maximum Gasteiger partial charge on any atom is 0.239 e. The second-order valence-corrected chi connectivity index (χ2v) is 7.75. The molecule has 4 rings (SSSR count). The van der Waals surface area contributed by atoms with E-state index < -0.39 is 6.10 Å². The number of halogens is 3. The molecule has 1 atom stereocenters. The van der Waals surface area contributed by atoms with Gasteiger partial charge in [0.05, 0.1) is 16.4 Å². The molecule has 3 aromatic rings. The lowest BCUT2D eigenvalue weighted by atomic mass is 10.0. The number of hydrogen-bond acceptors (Lipinski definition) is 4. The maximum absolute atomic E-state index is 11.7. The summed E-state index contributed by atoms with van der Waals surface area (Å²) >= 11 is 15.9. The Labute approximate surface area is 173 Å². The Morgan fingerprint density at radius 3 is 2.85 bits per heavy atom. The average molecular weight is 465 g/mol. The highest BCUT2D eigenvalue weighted by atomic mass is 79.9. The predicted molar refractivity (Wildman–Crippen MR) is 109 cm³/mol. The fourth-order valence-corrected chi connectivity index (χ4v) is 3.93. The molecular weight excluding hydrogens is 453 g/mol. The van der Waals surface area contributed by atoms with Crippen LogP contribution in [0, 0.1) is 6.92 Å². The number of hydrogen-bond donors (Lipinski definition) is 0. The van der Waals surface area contributed by atoms with Crippen molar-refractivity contribution < 1.29 is 9.53 Å². The van der Waals surface area contributed by atoms with E-state index in [0.29, 0.717) is 32.9 Å². The first kappa shape index (κ1) is 18.2. The summed E-state index contributed by atoms with van der Waals surface area (Å²) in [7, 11) is 0. The van der Waals surface area contributed by atoms with E-state index in [2.05, 4.69) is 25.9 Å². The molecule has 0 radical (unpaired) electrons. The van der Waals surface area contributed by atoms with Gasteiger partial charge in [0.15, 0.2) is 12.4 Å². The minimum atomic E-state index is -0.792. The van der Waals surface area contributed by atoms with Crippen LogP contribution in [0.5, 0.6) is 0 Å². The van der Waals surface area contributed by atoms with E-state index in [1.807, 2.05) is 29.8 Å². The van der Waals surface area contributed by atoms with Crippen LogP contribution < -0.4 is 0 Å². The number of aryl methyl sites for hydroxylation is 1. The molecule has 27 heavy (non-hydrogen) atoms. The zero-order valence-electron chi connectivity index (χ0n) is 14.0. The van der Waals surface area contributed by atoms with Crippen molar-refractivity contribution in [2.24, 2.45) is 4.99 Å². The fourth-order valence-electron chi connectivity index (χ4n) is 3.02. The van der Waals surface area contributed by atoms with Crippen molar-refractivity contribution in [1.82, 2.24) is 9.55 Å². The van der Waals surface area contributed by atoms with E-state index in [1.165, 1.54) is 0 Å². The van der Waals surface area contributed by atoms with Gasteiger partial charge in [0, 0.05) is 33.6 Å². The lowest BCUT2D eigenvalue weighted by Gasteiger charge is -2.24. The van der Waals surface area contributed by atoms with Gasteiger partial charge in [0.25, 0.3) is 0 Å². The van der Waals surface area contributed by atoms with Crippen molar-refractivity contribution in [3.05, 3.63) is 74.2 Å². The van der Waals surface area contributed by atoms with Gasteiger partial charge in [0.2, 0.25) is 5.90 Å². The first-order valence-corrected chi connectivity index (χ1v) is 9.51. The third-order valence-corrected chi connectivity index (χ3v) is 5.14. The number of ether oxygens (including phenoxy) is 1. The zero-order chi connectivity index (χ0) is 19.1. The maximum atomic E-state index is 11.7. The van der Waals surface area contributed by atoms with Gasteiger partial charge in [0.1, 0.15) is 5.69 Å². The van der Waals surface area contributed by atoms with Crippen LogP contribution in [0.3, 0.4) is 0 Å². The monoisotopic (exact) mass is 463 g/mol. The van der Waals surface area contributed by atoms with Gasteiger partial charge >= 0.3 is 0 Å². The Bertz CT molecular complexity index is 1090. The Morgan fingerprint density at radius 1 is 1.30 bits per heavy atom. The molecule has 0 bridgehead atoms. The molecule has 1 unspecified atom stereocenters. The van der Waals surface area contributed by atoms with Crippen LogP contribution in [0.15, 0.2) is 52.3 Å². The highest BCUT2D eigenvalue weighted by Crippen LogP contribution is 2.38. The van der Waals surface area contributed by atoms with Crippen molar-refractivity contribution in [2.45, 2.75) is 13.0 Å². The Morgan fingerprint density at radius 2 is 2.11 bits per heavy atom. The van der Waals surface area contributed by atoms with Crippen LogP contribution in [-0.2, 0) is 9.53 Å². The van der Waals surface area contributed by atoms with Crippen molar-refractivity contribution in [3.8, 4) is 5.69 Å². The van der Waals surface area contributed by atoms with E-state index in [9.17, 15) is 4.79 Å². The number of rotatable bonds is 3. The van der Waals surface area contributed by atoms with Gasteiger partial charge in [-0.15, -0.1) is 0 Å². The summed E-state index contributed by atoms with van der Waals surface area (Å²) in [6.07, 6.45) is 5.01. The number of aldehydes is 1. The predicted octanol–water partition coefficient (Wildman–Crippen LogP) is 5.60. The molecule has 136 valence electrons. The third kappa shape index (κ3) is 3.29. The molecule has 0 saturated heterocycles. The molecule has 0 N–H and O–H groups in total. The molecule has 5 nitrogen and oxygen atoms in total. The van der Waals surface area contributed by atoms with E-state index in [-0.39, 0.29) is 0 Å². The smallest absolute Gasteiger partial charge is 0.239 e. The summed E-state index contributed by atoms with van der Waals surface area (Å²) in [5.41, 5.74) is 3.58. The Hall–Kier alpha value is -2.15. The van der Waals surface area contributed by atoms with Crippen LogP contribution in [-0.4, -0.2) is 21.7 Å². The average Bonchev–Trinajstić information content (AvgIpc) is 3.03. The van der Waals surface area contributed by atoms with E-state index in [1.54, 1.807) is 24.5 Å². The lowest BCUT2D eigenvalue weighted by Crippen LogP contribution is -2.20. The molecule has 3 heterocycles. The lowest BCUT2D eigenvalue weighted by molar-refractivity contribution is -0.114. The van der Waals surface area contributed by atoms with Crippen LogP contribution in [0.25, 0.3) is 5.69 Å². The molecule has 2 aromatic heterocycles. The van der Waals surface area contributed by atoms with Gasteiger partial charge in [-0.2, -0.15) is 0 Å². The molecule has 0 aliphatic carbocycles. The van der Waals surface area contributed by atoms with Crippen LogP contribution in [0.2, 0.25) is 10.0 Å². The number of carbonyl (C=O) groups excluding carboxylic acids is 1. The largest absolute Gasteiger partial charge is 0.460 e. The quantitative estimate of drug-likeness (QED) is 0.474. The molecule has 1 aromatic carbocycles. The van der Waals surface area contributed by atoms with Gasteiger partial charge in [-0.1, -0.05) is 23.2 Å². The minimum Gasteiger partial charge on any atom is -0.460 e. The van der Waals surface area contributed by atoms with Gasteiger partial charge in [-0.3, -0.25) is 9.78 Å². The van der Waals surface area contributed by atoms with Gasteiger partial charge in [-0.25, -0.2) is 4.99 Å². The van der Waals surface area contributed by atoms with E-state index in [4.69, 9.17) is 27.9 Å². The molecule has 1 aliphatic heterocycles. The van der Waals surface area contributed by atoms with Crippen LogP contribution in [0.1, 0.15) is 22.9 Å². The Kier molecular flexibility index (Phi) is 4.80. The SMILES string of the molecule is Cc1cc(Cl)cc2c1N=C(c1cc(Br)cn1-c1ccncc1Cl)OC2C=O. The zero-order valence-corrected chi connectivity index (χ0v) is 17.1. The molecule has 0 fully saturated rings. The molecule has 0 amide bonds. The van der Waals surface area contributed by atoms with E-state index in [0.717, 1.165) is 22.0 Å².